The summed E-state index contributed by atoms with van der Waals surface area (Å²) in [6, 6.07) is 0. The predicted octanol–water partition coefficient (Wildman–Crippen LogP) is 2.69. The van der Waals surface area contributed by atoms with E-state index >= 15 is 0 Å². The lowest BCUT2D eigenvalue weighted by molar-refractivity contribution is -0.143. The molecule has 0 aliphatic heterocycles. The molecule has 2 nitrogen and oxygen atoms in total. The number of carbonyl (C=O) groups excluding carboxylic acids is 1. The topological polar surface area (TPSA) is 26.3 Å². The zero-order chi connectivity index (χ0) is 9.23. The summed E-state index contributed by atoms with van der Waals surface area (Å²) in [5, 5.41) is 0. The lowest BCUT2D eigenvalue weighted by Gasteiger charge is -2.01. The minimum atomic E-state index is -0.0713. The van der Waals surface area contributed by atoms with E-state index in [0.29, 0.717) is 13.0 Å². The maximum absolute atomic E-state index is 10.8. The first-order chi connectivity index (χ1) is 5.81. The van der Waals surface area contributed by atoms with Crippen molar-refractivity contribution in [3.05, 3.63) is 12.2 Å². The lowest BCUT2D eigenvalue weighted by atomic mass is 10.3. The molecule has 0 unspecified atom stereocenters. The number of ether oxygens (including phenoxy) is 1. The van der Waals surface area contributed by atoms with E-state index < -0.39 is 0 Å². The molecule has 0 N–H and O–H groups in total. The van der Waals surface area contributed by atoms with Crippen LogP contribution in [-0.4, -0.2) is 12.6 Å². The molecule has 0 aliphatic carbocycles. The summed E-state index contributed by atoms with van der Waals surface area (Å²) in [5.74, 6) is -0.0713. The van der Waals surface area contributed by atoms with Crippen LogP contribution in [0.25, 0.3) is 0 Å². The second-order valence-corrected chi connectivity index (χ2v) is 2.68. The molecule has 0 saturated heterocycles. The number of hydrogen-bond acceptors (Lipinski definition) is 2. The highest BCUT2D eigenvalue weighted by Gasteiger charge is 1.98. The SMILES string of the molecule is C/C=C/CCCOC(=O)CCC. The Balaban J connectivity index is 3.13. The van der Waals surface area contributed by atoms with E-state index in [4.69, 9.17) is 4.74 Å². The van der Waals surface area contributed by atoms with Gasteiger partial charge in [-0.05, 0) is 26.2 Å². The fourth-order valence-electron chi connectivity index (χ4n) is 0.830. The second kappa shape index (κ2) is 8.31. The summed E-state index contributed by atoms with van der Waals surface area (Å²) in [5.41, 5.74) is 0. The van der Waals surface area contributed by atoms with Gasteiger partial charge in [-0.25, -0.2) is 0 Å². The van der Waals surface area contributed by atoms with E-state index in [-0.39, 0.29) is 5.97 Å². The fourth-order valence-corrected chi connectivity index (χ4v) is 0.830. The standard InChI is InChI=1S/C10H18O2/c1-3-5-6-7-9-12-10(11)8-4-2/h3,5H,4,6-9H2,1-2H3/b5-3+. The van der Waals surface area contributed by atoms with Crippen LogP contribution in [0.5, 0.6) is 0 Å². The van der Waals surface area contributed by atoms with Gasteiger partial charge in [0.05, 0.1) is 6.61 Å². The molecule has 0 aromatic carbocycles. The Kier molecular flexibility index (Phi) is 7.76. The summed E-state index contributed by atoms with van der Waals surface area (Å²) in [6.45, 7) is 4.52. The Bertz CT molecular complexity index is 139. The minimum absolute atomic E-state index is 0.0713. The first-order valence-electron chi connectivity index (χ1n) is 4.58. The molecule has 2 heteroatoms. The van der Waals surface area contributed by atoms with Gasteiger partial charge in [-0.2, -0.15) is 0 Å². The molecular formula is C10H18O2. The van der Waals surface area contributed by atoms with Crippen molar-refractivity contribution < 1.29 is 9.53 Å². The molecule has 0 bridgehead atoms. The van der Waals surface area contributed by atoms with Crippen molar-refractivity contribution in [2.75, 3.05) is 6.61 Å². The third kappa shape index (κ3) is 7.32. The average Bonchev–Trinajstić information content (AvgIpc) is 2.05. The van der Waals surface area contributed by atoms with E-state index in [1.54, 1.807) is 0 Å². The first kappa shape index (κ1) is 11.2. The van der Waals surface area contributed by atoms with Crippen molar-refractivity contribution in [1.82, 2.24) is 0 Å². The predicted molar refractivity (Wildman–Crippen MR) is 49.9 cm³/mol. The van der Waals surface area contributed by atoms with E-state index in [0.717, 1.165) is 19.3 Å². The maximum Gasteiger partial charge on any atom is 0.305 e. The summed E-state index contributed by atoms with van der Waals surface area (Å²) >= 11 is 0. The highest BCUT2D eigenvalue weighted by molar-refractivity contribution is 5.69. The maximum atomic E-state index is 10.8. The molecular weight excluding hydrogens is 152 g/mol. The molecule has 0 spiro atoms. The van der Waals surface area contributed by atoms with Crippen LogP contribution in [0.1, 0.15) is 39.5 Å². The van der Waals surface area contributed by atoms with Gasteiger partial charge in [0.1, 0.15) is 0 Å². The monoisotopic (exact) mass is 170 g/mol. The molecule has 0 rings (SSSR count). The second-order valence-electron chi connectivity index (χ2n) is 2.68. The molecule has 0 aromatic rings. The Morgan fingerprint density at radius 1 is 1.50 bits per heavy atom. The van der Waals surface area contributed by atoms with Crippen LogP contribution in [0.2, 0.25) is 0 Å². The van der Waals surface area contributed by atoms with Crippen molar-refractivity contribution >= 4 is 5.97 Å². The highest BCUT2D eigenvalue weighted by atomic mass is 16.5. The summed E-state index contributed by atoms with van der Waals surface area (Å²) in [4.78, 5) is 10.8. The van der Waals surface area contributed by atoms with E-state index in [9.17, 15) is 4.79 Å². The van der Waals surface area contributed by atoms with Gasteiger partial charge >= 0.3 is 5.97 Å². The largest absolute Gasteiger partial charge is 0.466 e. The van der Waals surface area contributed by atoms with Gasteiger partial charge in [0, 0.05) is 6.42 Å². The van der Waals surface area contributed by atoms with E-state index in [1.807, 2.05) is 19.9 Å². The normalized spacial score (nSPS) is 10.5. The third-order valence-electron chi connectivity index (χ3n) is 1.47. The van der Waals surface area contributed by atoms with Crippen LogP contribution in [0.15, 0.2) is 12.2 Å². The zero-order valence-electron chi connectivity index (χ0n) is 8.01. The van der Waals surface area contributed by atoms with Crippen LogP contribution in [-0.2, 0) is 9.53 Å². The summed E-state index contributed by atoms with van der Waals surface area (Å²) in [6.07, 6.45) is 7.43. The number of allylic oxidation sites excluding steroid dienone is 2. The Morgan fingerprint density at radius 2 is 2.25 bits per heavy atom. The Morgan fingerprint density at radius 3 is 2.83 bits per heavy atom. The van der Waals surface area contributed by atoms with Crippen molar-refractivity contribution in [3.8, 4) is 0 Å². The quantitative estimate of drug-likeness (QED) is 0.348. The van der Waals surface area contributed by atoms with Crippen molar-refractivity contribution in [2.24, 2.45) is 0 Å². The smallest absolute Gasteiger partial charge is 0.305 e. The molecule has 0 radical (unpaired) electrons. The molecule has 0 amide bonds. The van der Waals surface area contributed by atoms with Crippen molar-refractivity contribution in [3.63, 3.8) is 0 Å². The number of rotatable bonds is 6. The Labute approximate surface area is 74.6 Å². The summed E-state index contributed by atoms with van der Waals surface area (Å²) < 4.78 is 4.96. The van der Waals surface area contributed by atoms with Crippen LogP contribution in [0, 0.1) is 0 Å². The molecule has 0 aromatic heterocycles. The number of esters is 1. The van der Waals surface area contributed by atoms with Gasteiger partial charge in [0.25, 0.3) is 0 Å². The van der Waals surface area contributed by atoms with Crippen LogP contribution in [0.4, 0.5) is 0 Å². The molecule has 0 fully saturated rings. The van der Waals surface area contributed by atoms with Crippen LogP contribution < -0.4 is 0 Å². The van der Waals surface area contributed by atoms with Crippen LogP contribution in [0.3, 0.4) is 0 Å². The minimum Gasteiger partial charge on any atom is -0.466 e. The third-order valence-corrected chi connectivity index (χ3v) is 1.47. The molecule has 0 heterocycles. The lowest BCUT2D eigenvalue weighted by Crippen LogP contribution is -2.04. The van der Waals surface area contributed by atoms with Gasteiger partial charge in [-0.1, -0.05) is 19.1 Å². The van der Waals surface area contributed by atoms with Gasteiger partial charge in [-0.3, -0.25) is 4.79 Å². The van der Waals surface area contributed by atoms with Gasteiger partial charge in [0.2, 0.25) is 0 Å². The average molecular weight is 170 g/mol. The number of unbranched alkanes of at least 4 members (excludes halogenated alkanes) is 1. The number of hydrogen-bond donors (Lipinski definition) is 0. The molecule has 12 heavy (non-hydrogen) atoms. The van der Waals surface area contributed by atoms with Crippen molar-refractivity contribution in [2.45, 2.75) is 39.5 Å². The van der Waals surface area contributed by atoms with Crippen molar-refractivity contribution in [1.29, 1.82) is 0 Å². The molecule has 70 valence electrons. The van der Waals surface area contributed by atoms with Crippen LogP contribution >= 0.6 is 0 Å². The first-order valence-corrected chi connectivity index (χ1v) is 4.58. The van der Waals surface area contributed by atoms with E-state index in [2.05, 4.69) is 6.08 Å². The zero-order valence-corrected chi connectivity index (χ0v) is 8.01. The Hall–Kier alpha value is -0.790. The highest BCUT2D eigenvalue weighted by Crippen LogP contribution is 1.95. The molecule has 0 saturated carbocycles. The molecule has 0 aliphatic rings. The van der Waals surface area contributed by atoms with E-state index in [1.165, 1.54) is 0 Å². The van der Waals surface area contributed by atoms with Gasteiger partial charge in [-0.15, -0.1) is 0 Å². The van der Waals surface area contributed by atoms with Gasteiger partial charge < -0.3 is 4.74 Å². The summed E-state index contributed by atoms with van der Waals surface area (Å²) in [7, 11) is 0. The molecule has 0 atom stereocenters. The van der Waals surface area contributed by atoms with Gasteiger partial charge in [0.15, 0.2) is 0 Å². The number of carbonyl (C=O) groups is 1. The fraction of sp³-hybridized carbons (Fsp3) is 0.700.